The number of aryl methyl sites for hydroxylation is 1. The first kappa shape index (κ1) is 15.4. The number of benzene rings is 1. The molecule has 1 aromatic heterocycles. The van der Waals surface area contributed by atoms with Crippen LogP contribution in [0.4, 0.5) is 13.2 Å². The van der Waals surface area contributed by atoms with Gasteiger partial charge in [-0.3, -0.25) is 4.79 Å². The summed E-state index contributed by atoms with van der Waals surface area (Å²) in [6.07, 6.45) is -7.35. The summed E-state index contributed by atoms with van der Waals surface area (Å²) in [4.78, 5) is 12.8. The number of hydrogen-bond acceptors (Lipinski definition) is 3. The SMILES string of the molecule is Cc1ccc2oc(C(=O)N(C)CC(O)C(F)(F)F)cc2c1. The molecule has 1 atom stereocenters. The topological polar surface area (TPSA) is 53.7 Å². The summed E-state index contributed by atoms with van der Waals surface area (Å²) in [5, 5.41) is 9.68. The largest absolute Gasteiger partial charge is 0.451 e. The minimum absolute atomic E-state index is 0.0625. The summed E-state index contributed by atoms with van der Waals surface area (Å²) in [7, 11) is 1.18. The smallest absolute Gasteiger partial charge is 0.416 e. The standard InChI is InChI=1S/C14H14F3NO3/c1-8-3-4-10-9(5-8)6-11(21-10)13(20)18(2)7-12(19)14(15,16)17/h3-6,12,19H,7H2,1-2H3. The molecule has 4 nitrogen and oxygen atoms in total. The number of rotatable bonds is 3. The molecule has 2 aromatic rings. The van der Waals surface area contributed by atoms with Gasteiger partial charge < -0.3 is 14.4 Å². The van der Waals surface area contributed by atoms with E-state index >= 15 is 0 Å². The van der Waals surface area contributed by atoms with Crippen molar-refractivity contribution in [3.05, 3.63) is 35.6 Å². The van der Waals surface area contributed by atoms with E-state index < -0.39 is 24.7 Å². The number of carbonyl (C=O) groups is 1. The van der Waals surface area contributed by atoms with E-state index in [-0.39, 0.29) is 5.76 Å². The molecule has 114 valence electrons. The summed E-state index contributed by atoms with van der Waals surface area (Å²) < 4.78 is 42.1. The van der Waals surface area contributed by atoms with E-state index in [9.17, 15) is 18.0 Å². The minimum Gasteiger partial charge on any atom is -0.451 e. The lowest BCUT2D eigenvalue weighted by Crippen LogP contribution is -2.41. The highest BCUT2D eigenvalue weighted by molar-refractivity contribution is 5.96. The number of nitrogens with zero attached hydrogens (tertiary/aromatic N) is 1. The van der Waals surface area contributed by atoms with Crippen molar-refractivity contribution in [3.63, 3.8) is 0 Å². The third kappa shape index (κ3) is 3.36. The van der Waals surface area contributed by atoms with Crippen LogP contribution < -0.4 is 0 Å². The van der Waals surface area contributed by atoms with Gasteiger partial charge in [-0.2, -0.15) is 13.2 Å². The second kappa shape index (κ2) is 5.40. The van der Waals surface area contributed by atoms with Crippen molar-refractivity contribution in [1.82, 2.24) is 4.90 Å². The summed E-state index contributed by atoms with van der Waals surface area (Å²) >= 11 is 0. The van der Waals surface area contributed by atoms with Gasteiger partial charge in [0, 0.05) is 12.4 Å². The Bertz CT molecular complexity index is 663. The summed E-state index contributed by atoms with van der Waals surface area (Å²) in [6, 6.07) is 6.77. The number of amides is 1. The molecule has 0 radical (unpaired) electrons. The van der Waals surface area contributed by atoms with Gasteiger partial charge in [0.2, 0.25) is 0 Å². The lowest BCUT2D eigenvalue weighted by atomic mass is 10.2. The van der Waals surface area contributed by atoms with Gasteiger partial charge in [0.05, 0.1) is 6.54 Å². The van der Waals surface area contributed by atoms with Crippen molar-refractivity contribution in [2.45, 2.75) is 19.2 Å². The van der Waals surface area contributed by atoms with Crippen LogP contribution in [0.1, 0.15) is 16.1 Å². The summed E-state index contributed by atoms with van der Waals surface area (Å²) in [6.45, 7) is 1.03. The number of alkyl halides is 3. The first-order valence-electron chi connectivity index (χ1n) is 6.19. The summed E-state index contributed by atoms with van der Waals surface area (Å²) in [5.41, 5.74) is 1.46. The van der Waals surface area contributed by atoms with E-state index in [1.807, 2.05) is 6.92 Å². The number of furan rings is 1. The highest BCUT2D eigenvalue weighted by atomic mass is 19.4. The predicted octanol–water partition coefficient (Wildman–Crippen LogP) is 2.74. The number of likely N-dealkylation sites (N-methyl/N-ethyl adjacent to an activating group) is 1. The summed E-state index contributed by atoms with van der Waals surface area (Å²) in [5.74, 6) is -0.778. The first-order valence-corrected chi connectivity index (χ1v) is 6.19. The quantitative estimate of drug-likeness (QED) is 0.948. The first-order chi connectivity index (χ1) is 9.68. The fraction of sp³-hybridized carbons (Fsp3) is 0.357. The number of carbonyl (C=O) groups excluding carboxylic acids is 1. The fourth-order valence-corrected chi connectivity index (χ4v) is 1.90. The molecule has 2 rings (SSSR count). The molecule has 7 heteroatoms. The molecule has 0 aliphatic rings. The molecule has 0 saturated heterocycles. The molecule has 0 aliphatic carbocycles. The van der Waals surface area contributed by atoms with Crippen LogP contribution in [0.2, 0.25) is 0 Å². The maximum Gasteiger partial charge on any atom is 0.416 e. The average molecular weight is 301 g/mol. The van der Waals surface area contributed by atoms with Crippen molar-refractivity contribution < 1.29 is 27.5 Å². The Morgan fingerprint density at radius 1 is 1.38 bits per heavy atom. The molecule has 0 saturated carbocycles. The number of halogens is 3. The number of aliphatic hydroxyl groups is 1. The van der Waals surface area contributed by atoms with E-state index in [4.69, 9.17) is 9.52 Å². The molecule has 0 spiro atoms. The Hall–Kier alpha value is -2.02. The van der Waals surface area contributed by atoms with Gasteiger partial charge in [0.1, 0.15) is 5.58 Å². The normalized spacial score (nSPS) is 13.4. The molecule has 1 N–H and O–H groups in total. The molecule has 1 heterocycles. The highest BCUT2D eigenvalue weighted by Crippen LogP contribution is 2.23. The lowest BCUT2D eigenvalue weighted by molar-refractivity contribution is -0.205. The van der Waals surface area contributed by atoms with Gasteiger partial charge in [0.25, 0.3) is 5.91 Å². The second-order valence-electron chi connectivity index (χ2n) is 4.90. The Balaban J connectivity index is 2.17. The monoisotopic (exact) mass is 301 g/mol. The fourth-order valence-electron chi connectivity index (χ4n) is 1.90. The van der Waals surface area contributed by atoms with Crippen molar-refractivity contribution in [1.29, 1.82) is 0 Å². The van der Waals surface area contributed by atoms with Gasteiger partial charge in [-0.05, 0) is 25.1 Å². The van der Waals surface area contributed by atoms with Crippen LogP contribution in [0.5, 0.6) is 0 Å². The van der Waals surface area contributed by atoms with Gasteiger partial charge in [-0.1, -0.05) is 11.6 Å². The highest BCUT2D eigenvalue weighted by Gasteiger charge is 2.39. The van der Waals surface area contributed by atoms with Crippen LogP contribution in [0.25, 0.3) is 11.0 Å². The zero-order valence-corrected chi connectivity index (χ0v) is 11.4. The van der Waals surface area contributed by atoms with Crippen molar-refractivity contribution in [2.24, 2.45) is 0 Å². The van der Waals surface area contributed by atoms with Crippen LogP contribution >= 0.6 is 0 Å². The van der Waals surface area contributed by atoms with E-state index in [1.54, 1.807) is 18.2 Å². The molecule has 1 aromatic carbocycles. The molecule has 0 aliphatic heterocycles. The van der Waals surface area contributed by atoms with E-state index in [0.717, 1.165) is 10.5 Å². The van der Waals surface area contributed by atoms with Crippen LogP contribution in [-0.4, -0.2) is 41.8 Å². The van der Waals surface area contributed by atoms with E-state index in [2.05, 4.69) is 0 Å². The average Bonchev–Trinajstić information content (AvgIpc) is 2.79. The second-order valence-corrected chi connectivity index (χ2v) is 4.90. The zero-order valence-electron chi connectivity index (χ0n) is 11.4. The zero-order chi connectivity index (χ0) is 15.8. The molecule has 0 fully saturated rings. The van der Waals surface area contributed by atoms with Crippen molar-refractivity contribution in [2.75, 3.05) is 13.6 Å². The van der Waals surface area contributed by atoms with Crippen LogP contribution in [-0.2, 0) is 0 Å². The van der Waals surface area contributed by atoms with Gasteiger partial charge in [0.15, 0.2) is 11.9 Å². The third-order valence-electron chi connectivity index (χ3n) is 3.05. The van der Waals surface area contributed by atoms with Crippen LogP contribution in [0, 0.1) is 6.92 Å². The number of hydrogen-bond donors (Lipinski definition) is 1. The van der Waals surface area contributed by atoms with E-state index in [1.165, 1.54) is 13.1 Å². The van der Waals surface area contributed by atoms with Crippen LogP contribution in [0.15, 0.2) is 28.7 Å². The predicted molar refractivity (Wildman–Crippen MR) is 70.0 cm³/mol. The number of fused-ring (bicyclic) bond motifs is 1. The maximum atomic E-state index is 12.3. The molecule has 1 unspecified atom stereocenters. The Labute approximate surface area is 118 Å². The van der Waals surface area contributed by atoms with Gasteiger partial charge in [-0.15, -0.1) is 0 Å². The van der Waals surface area contributed by atoms with E-state index in [0.29, 0.717) is 11.0 Å². The maximum absolute atomic E-state index is 12.3. The third-order valence-corrected chi connectivity index (χ3v) is 3.05. The molecule has 0 bridgehead atoms. The number of aliphatic hydroxyl groups excluding tert-OH is 1. The lowest BCUT2D eigenvalue weighted by Gasteiger charge is -2.21. The molecular formula is C14H14F3NO3. The van der Waals surface area contributed by atoms with Crippen molar-refractivity contribution in [3.8, 4) is 0 Å². The van der Waals surface area contributed by atoms with Crippen LogP contribution in [0.3, 0.4) is 0 Å². The van der Waals surface area contributed by atoms with Gasteiger partial charge >= 0.3 is 6.18 Å². The molecule has 21 heavy (non-hydrogen) atoms. The Morgan fingerprint density at radius 3 is 2.67 bits per heavy atom. The Kier molecular flexibility index (Phi) is 3.95. The molecule has 1 amide bonds. The minimum atomic E-state index is -4.76. The van der Waals surface area contributed by atoms with Crippen molar-refractivity contribution >= 4 is 16.9 Å². The Morgan fingerprint density at radius 2 is 2.05 bits per heavy atom. The van der Waals surface area contributed by atoms with Gasteiger partial charge in [-0.25, -0.2) is 0 Å². The molecular weight excluding hydrogens is 287 g/mol.